The van der Waals surface area contributed by atoms with E-state index in [-0.39, 0.29) is 10.8 Å². The van der Waals surface area contributed by atoms with E-state index in [4.69, 9.17) is 11.6 Å². The van der Waals surface area contributed by atoms with E-state index >= 15 is 0 Å². The number of piperidine rings is 1. The summed E-state index contributed by atoms with van der Waals surface area (Å²) in [6.07, 6.45) is 3.88. The molecule has 0 bridgehead atoms. The van der Waals surface area contributed by atoms with Crippen molar-refractivity contribution in [2.75, 3.05) is 20.1 Å². The fourth-order valence-electron chi connectivity index (χ4n) is 2.43. The standard InChI is InChI=1S/C14H20ClFN2/c1-18-7-3-2-4-12(18)10-17-9-11-5-6-14(16)13(15)8-11/h5-6,8,12,17H,2-4,7,9-10H2,1H3. The van der Waals surface area contributed by atoms with E-state index in [0.29, 0.717) is 6.04 Å². The molecule has 2 nitrogen and oxygen atoms in total. The van der Waals surface area contributed by atoms with E-state index in [1.807, 2.05) is 0 Å². The molecule has 100 valence electrons. The molecular formula is C14H20ClFN2. The van der Waals surface area contributed by atoms with Gasteiger partial charge in [-0.2, -0.15) is 0 Å². The van der Waals surface area contributed by atoms with Crippen molar-refractivity contribution in [3.8, 4) is 0 Å². The first kappa shape index (κ1) is 13.8. The number of hydrogen-bond acceptors (Lipinski definition) is 2. The quantitative estimate of drug-likeness (QED) is 0.905. The van der Waals surface area contributed by atoms with Gasteiger partial charge < -0.3 is 10.2 Å². The third-order valence-corrected chi connectivity index (χ3v) is 3.90. The van der Waals surface area contributed by atoms with Crippen LogP contribution in [0.4, 0.5) is 4.39 Å². The molecule has 0 aliphatic carbocycles. The molecule has 1 unspecified atom stereocenters. The van der Waals surface area contributed by atoms with Crippen LogP contribution in [0.5, 0.6) is 0 Å². The second-order valence-electron chi connectivity index (χ2n) is 5.01. The molecule has 0 spiro atoms. The fourth-order valence-corrected chi connectivity index (χ4v) is 2.64. The molecule has 4 heteroatoms. The van der Waals surface area contributed by atoms with Gasteiger partial charge in [0.25, 0.3) is 0 Å². The number of nitrogens with one attached hydrogen (secondary N) is 1. The molecule has 1 aliphatic rings. The average Bonchev–Trinajstić information content (AvgIpc) is 2.36. The summed E-state index contributed by atoms with van der Waals surface area (Å²) in [4.78, 5) is 2.41. The number of halogens is 2. The van der Waals surface area contributed by atoms with Crippen molar-refractivity contribution in [1.29, 1.82) is 0 Å². The number of nitrogens with zero attached hydrogens (tertiary/aromatic N) is 1. The first-order valence-electron chi connectivity index (χ1n) is 6.51. The highest BCUT2D eigenvalue weighted by Gasteiger charge is 2.17. The lowest BCUT2D eigenvalue weighted by Crippen LogP contribution is -2.42. The van der Waals surface area contributed by atoms with Gasteiger partial charge in [0.1, 0.15) is 5.82 Å². The molecule has 0 radical (unpaired) electrons. The first-order valence-corrected chi connectivity index (χ1v) is 6.89. The van der Waals surface area contributed by atoms with Crippen LogP contribution in [0.1, 0.15) is 24.8 Å². The number of benzene rings is 1. The molecular weight excluding hydrogens is 251 g/mol. The monoisotopic (exact) mass is 270 g/mol. The Morgan fingerprint density at radius 2 is 2.28 bits per heavy atom. The largest absolute Gasteiger partial charge is 0.311 e. The second kappa shape index (κ2) is 6.50. The smallest absolute Gasteiger partial charge is 0.141 e. The number of likely N-dealkylation sites (tertiary alicyclic amines) is 1. The van der Waals surface area contributed by atoms with E-state index in [0.717, 1.165) is 18.7 Å². The van der Waals surface area contributed by atoms with Gasteiger partial charge in [-0.1, -0.05) is 24.1 Å². The Morgan fingerprint density at radius 3 is 3.00 bits per heavy atom. The SMILES string of the molecule is CN1CCCCC1CNCc1ccc(F)c(Cl)c1. The Hall–Kier alpha value is -0.640. The Labute approximate surface area is 113 Å². The summed E-state index contributed by atoms with van der Waals surface area (Å²) in [6, 6.07) is 5.51. The second-order valence-corrected chi connectivity index (χ2v) is 5.42. The topological polar surface area (TPSA) is 15.3 Å². The molecule has 1 heterocycles. The zero-order valence-corrected chi connectivity index (χ0v) is 11.5. The lowest BCUT2D eigenvalue weighted by molar-refractivity contribution is 0.181. The molecule has 1 saturated heterocycles. The number of likely N-dealkylation sites (N-methyl/N-ethyl adjacent to an activating group) is 1. The van der Waals surface area contributed by atoms with Gasteiger partial charge in [0.2, 0.25) is 0 Å². The van der Waals surface area contributed by atoms with Crippen molar-refractivity contribution in [2.45, 2.75) is 31.8 Å². The van der Waals surface area contributed by atoms with Gasteiger partial charge >= 0.3 is 0 Å². The molecule has 1 aliphatic heterocycles. The van der Waals surface area contributed by atoms with Crippen LogP contribution < -0.4 is 5.32 Å². The maximum absolute atomic E-state index is 13.0. The minimum atomic E-state index is -0.354. The highest BCUT2D eigenvalue weighted by Crippen LogP contribution is 2.17. The van der Waals surface area contributed by atoms with Crippen molar-refractivity contribution in [3.05, 3.63) is 34.6 Å². The lowest BCUT2D eigenvalue weighted by Gasteiger charge is -2.32. The van der Waals surface area contributed by atoms with Gasteiger partial charge in [-0.3, -0.25) is 0 Å². The summed E-state index contributed by atoms with van der Waals surface area (Å²) in [5.41, 5.74) is 1.03. The average molecular weight is 271 g/mol. The van der Waals surface area contributed by atoms with Gasteiger partial charge in [-0.25, -0.2) is 4.39 Å². The maximum atomic E-state index is 13.0. The summed E-state index contributed by atoms with van der Waals surface area (Å²) < 4.78 is 13.0. The maximum Gasteiger partial charge on any atom is 0.141 e. The summed E-state index contributed by atoms with van der Waals surface area (Å²) in [5, 5.41) is 3.62. The number of hydrogen-bond donors (Lipinski definition) is 1. The van der Waals surface area contributed by atoms with Crippen LogP contribution in [-0.4, -0.2) is 31.1 Å². The van der Waals surface area contributed by atoms with Crippen LogP contribution in [0.2, 0.25) is 5.02 Å². The summed E-state index contributed by atoms with van der Waals surface area (Å²) in [6.45, 7) is 2.91. The Kier molecular flexibility index (Phi) is 4.98. The molecule has 0 aromatic heterocycles. The van der Waals surface area contributed by atoms with Crippen LogP contribution in [0, 0.1) is 5.82 Å². The molecule has 1 aromatic carbocycles. The van der Waals surface area contributed by atoms with Crippen LogP contribution in [0.15, 0.2) is 18.2 Å². The van der Waals surface area contributed by atoms with Gasteiger partial charge in [-0.15, -0.1) is 0 Å². The van der Waals surface area contributed by atoms with E-state index in [2.05, 4.69) is 17.3 Å². The van der Waals surface area contributed by atoms with Crippen molar-refractivity contribution in [1.82, 2.24) is 10.2 Å². The number of rotatable bonds is 4. The lowest BCUT2D eigenvalue weighted by atomic mass is 10.0. The molecule has 1 aromatic rings. The molecule has 1 atom stereocenters. The third kappa shape index (κ3) is 3.67. The van der Waals surface area contributed by atoms with Crippen molar-refractivity contribution in [2.24, 2.45) is 0 Å². The van der Waals surface area contributed by atoms with Crippen LogP contribution in [-0.2, 0) is 6.54 Å². The highest BCUT2D eigenvalue weighted by molar-refractivity contribution is 6.30. The summed E-state index contributed by atoms with van der Waals surface area (Å²) >= 11 is 5.75. The molecule has 2 rings (SSSR count). The van der Waals surface area contributed by atoms with Gasteiger partial charge in [0.05, 0.1) is 5.02 Å². The van der Waals surface area contributed by atoms with Crippen LogP contribution in [0.25, 0.3) is 0 Å². The molecule has 18 heavy (non-hydrogen) atoms. The zero-order chi connectivity index (χ0) is 13.0. The third-order valence-electron chi connectivity index (χ3n) is 3.61. The van der Waals surface area contributed by atoms with E-state index in [9.17, 15) is 4.39 Å². The van der Waals surface area contributed by atoms with E-state index < -0.39 is 0 Å². The minimum Gasteiger partial charge on any atom is -0.311 e. The van der Waals surface area contributed by atoms with E-state index in [1.54, 1.807) is 12.1 Å². The normalized spacial score (nSPS) is 21.2. The Bertz CT molecular complexity index is 397. The summed E-state index contributed by atoms with van der Waals surface area (Å²) in [7, 11) is 2.18. The summed E-state index contributed by atoms with van der Waals surface area (Å²) in [5.74, 6) is -0.354. The molecule has 0 saturated carbocycles. The predicted molar refractivity (Wildman–Crippen MR) is 73.4 cm³/mol. The Morgan fingerprint density at radius 1 is 1.44 bits per heavy atom. The molecule has 0 amide bonds. The minimum absolute atomic E-state index is 0.198. The molecule has 1 fully saturated rings. The first-order chi connectivity index (χ1) is 8.66. The van der Waals surface area contributed by atoms with Gasteiger partial charge in [0.15, 0.2) is 0 Å². The van der Waals surface area contributed by atoms with Crippen molar-refractivity contribution < 1.29 is 4.39 Å². The predicted octanol–water partition coefficient (Wildman–Crippen LogP) is 3.05. The van der Waals surface area contributed by atoms with Gasteiger partial charge in [0, 0.05) is 19.1 Å². The zero-order valence-electron chi connectivity index (χ0n) is 10.8. The van der Waals surface area contributed by atoms with Crippen molar-refractivity contribution in [3.63, 3.8) is 0 Å². The Balaban J connectivity index is 1.79. The molecule has 1 N–H and O–H groups in total. The van der Waals surface area contributed by atoms with Gasteiger partial charge in [-0.05, 0) is 44.1 Å². The highest BCUT2D eigenvalue weighted by atomic mass is 35.5. The van der Waals surface area contributed by atoms with Crippen LogP contribution in [0.3, 0.4) is 0 Å². The fraction of sp³-hybridized carbons (Fsp3) is 0.571. The van der Waals surface area contributed by atoms with Crippen LogP contribution >= 0.6 is 11.6 Å². The van der Waals surface area contributed by atoms with Crippen molar-refractivity contribution >= 4 is 11.6 Å². The van der Waals surface area contributed by atoms with E-state index in [1.165, 1.54) is 31.9 Å².